The normalized spacial score (nSPS) is 17.7. The summed E-state index contributed by atoms with van der Waals surface area (Å²) >= 11 is 0. The quantitative estimate of drug-likeness (QED) is 0.713. The molecule has 1 aromatic rings. The van der Waals surface area contributed by atoms with Gasteiger partial charge in [-0.2, -0.15) is 0 Å². The molecule has 1 aliphatic heterocycles. The molecule has 1 aliphatic rings. The van der Waals surface area contributed by atoms with Crippen LogP contribution in [0.25, 0.3) is 0 Å². The number of benzene rings is 1. The zero-order chi connectivity index (χ0) is 15.8. The maximum absolute atomic E-state index is 11.9. The molecule has 5 nitrogen and oxygen atoms in total. The summed E-state index contributed by atoms with van der Waals surface area (Å²) in [5, 5.41) is 6.18. The van der Waals surface area contributed by atoms with E-state index in [9.17, 15) is 4.79 Å². The maximum Gasteiger partial charge on any atom is 0.237 e. The summed E-state index contributed by atoms with van der Waals surface area (Å²) in [4.78, 5) is 14.1. The van der Waals surface area contributed by atoms with Gasteiger partial charge in [0.05, 0.1) is 12.6 Å². The van der Waals surface area contributed by atoms with Crippen LogP contribution in [0.3, 0.4) is 0 Å². The van der Waals surface area contributed by atoms with Crippen LogP contribution in [0.1, 0.15) is 24.8 Å². The van der Waals surface area contributed by atoms with Gasteiger partial charge in [0.1, 0.15) is 5.75 Å². The lowest BCUT2D eigenvalue weighted by Gasteiger charge is -2.12. The molecule has 2 N–H and O–H groups in total. The Morgan fingerprint density at radius 3 is 2.77 bits per heavy atom. The van der Waals surface area contributed by atoms with E-state index in [1.54, 1.807) is 0 Å². The molecule has 22 heavy (non-hydrogen) atoms. The number of nitrogens with zero attached hydrogens (tertiary/aromatic N) is 1. The summed E-state index contributed by atoms with van der Waals surface area (Å²) in [5.41, 5.74) is 1.09. The fourth-order valence-electron chi connectivity index (χ4n) is 2.50. The van der Waals surface area contributed by atoms with E-state index in [1.807, 2.05) is 24.3 Å². The minimum atomic E-state index is -0.0145. The topological polar surface area (TPSA) is 53.6 Å². The van der Waals surface area contributed by atoms with Crippen molar-refractivity contribution in [3.8, 4) is 5.75 Å². The van der Waals surface area contributed by atoms with Gasteiger partial charge in [-0.1, -0.05) is 12.1 Å². The van der Waals surface area contributed by atoms with Gasteiger partial charge in [0.2, 0.25) is 5.91 Å². The Labute approximate surface area is 133 Å². The summed E-state index contributed by atoms with van der Waals surface area (Å²) in [6, 6.07) is 7.92. The lowest BCUT2D eigenvalue weighted by Crippen LogP contribution is -2.39. The number of hydrogen-bond donors (Lipinski definition) is 2. The first-order valence-electron chi connectivity index (χ1n) is 8.03. The van der Waals surface area contributed by atoms with Crippen molar-refractivity contribution >= 4 is 5.91 Å². The van der Waals surface area contributed by atoms with Crippen LogP contribution in [0.4, 0.5) is 0 Å². The molecule has 1 saturated heterocycles. The van der Waals surface area contributed by atoms with Gasteiger partial charge in [-0.3, -0.25) is 4.79 Å². The highest BCUT2D eigenvalue weighted by atomic mass is 16.5. The Morgan fingerprint density at radius 2 is 2.14 bits per heavy atom. The fourth-order valence-corrected chi connectivity index (χ4v) is 2.50. The summed E-state index contributed by atoms with van der Waals surface area (Å²) in [7, 11) is 4.12. The van der Waals surface area contributed by atoms with Crippen LogP contribution in [-0.4, -0.2) is 50.6 Å². The number of carbonyl (C=O) groups is 1. The molecule has 1 fully saturated rings. The molecule has 1 amide bonds. The second-order valence-electron chi connectivity index (χ2n) is 6.02. The van der Waals surface area contributed by atoms with E-state index in [2.05, 4.69) is 29.6 Å². The molecule has 0 aromatic heterocycles. The first-order chi connectivity index (χ1) is 10.6. The third kappa shape index (κ3) is 5.66. The van der Waals surface area contributed by atoms with E-state index >= 15 is 0 Å². The van der Waals surface area contributed by atoms with Crippen LogP contribution in [0.15, 0.2) is 24.3 Å². The molecule has 0 unspecified atom stereocenters. The van der Waals surface area contributed by atoms with E-state index in [1.165, 1.54) is 0 Å². The van der Waals surface area contributed by atoms with E-state index in [0.29, 0.717) is 6.54 Å². The standard InChI is InChI=1S/C17H27N3O2/c1-20(2)11-4-12-22-15-8-6-14(7-9-15)13-19-17(21)16-5-3-10-18-16/h6-9,16,18H,3-5,10-13H2,1-2H3,(H,19,21)/t16-/m0/s1. The molecule has 0 spiro atoms. The van der Waals surface area contributed by atoms with E-state index in [0.717, 1.165) is 50.3 Å². The Hall–Kier alpha value is -1.59. The molecular formula is C17H27N3O2. The summed E-state index contributed by atoms with van der Waals surface area (Å²) < 4.78 is 5.69. The molecule has 0 aliphatic carbocycles. The maximum atomic E-state index is 11.9. The van der Waals surface area contributed by atoms with Crippen molar-refractivity contribution in [2.75, 3.05) is 33.8 Å². The first kappa shape index (κ1) is 16.8. The Bertz CT molecular complexity index is 453. The van der Waals surface area contributed by atoms with Crippen molar-refractivity contribution in [1.29, 1.82) is 0 Å². The molecule has 0 radical (unpaired) electrons. The smallest absolute Gasteiger partial charge is 0.237 e. The molecule has 1 atom stereocenters. The summed E-state index contributed by atoms with van der Waals surface area (Å²) in [6.07, 6.45) is 3.03. The predicted molar refractivity (Wildman–Crippen MR) is 88.0 cm³/mol. The van der Waals surface area contributed by atoms with Crippen molar-refractivity contribution in [2.24, 2.45) is 0 Å². The molecule has 1 aromatic carbocycles. The second kappa shape index (κ2) is 8.76. The van der Waals surface area contributed by atoms with Crippen LogP contribution in [0, 0.1) is 0 Å². The minimum absolute atomic E-state index is 0.0145. The van der Waals surface area contributed by atoms with Gasteiger partial charge in [-0.05, 0) is 57.6 Å². The Morgan fingerprint density at radius 1 is 1.36 bits per heavy atom. The Kier molecular flexibility index (Phi) is 6.68. The van der Waals surface area contributed by atoms with Crippen molar-refractivity contribution < 1.29 is 9.53 Å². The highest BCUT2D eigenvalue weighted by Gasteiger charge is 2.21. The molecular weight excluding hydrogens is 278 g/mol. The number of carbonyl (C=O) groups excluding carboxylic acids is 1. The van der Waals surface area contributed by atoms with Crippen LogP contribution in [0.5, 0.6) is 5.75 Å². The largest absolute Gasteiger partial charge is 0.494 e. The number of hydrogen-bond acceptors (Lipinski definition) is 4. The highest BCUT2D eigenvalue weighted by Crippen LogP contribution is 2.13. The predicted octanol–water partition coefficient (Wildman–Crippen LogP) is 1.39. The summed E-state index contributed by atoms with van der Waals surface area (Å²) in [5.74, 6) is 0.979. The van der Waals surface area contributed by atoms with Gasteiger partial charge in [0.25, 0.3) is 0 Å². The number of amides is 1. The van der Waals surface area contributed by atoms with Crippen molar-refractivity contribution in [2.45, 2.75) is 31.8 Å². The summed E-state index contributed by atoms with van der Waals surface area (Å²) in [6.45, 7) is 3.26. The third-order valence-electron chi connectivity index (χ3n) is 3.79. The van der Waals surface area contributed by atoms with Crippen molar-refractivity contribution in [3.05, 3.63) is 29.8 Å². The molecule has 1 heterocycles. The SMILES string of the molecule is CN(C)CCCOc1ccc(CNC(=O)[C@@H]2CCCN2)cc1. The molecule has 5 heteroatoms. The fraction of sp³-hybridized carbons (Fsp3) is 0.588. The van der Waals surface area contributed by atoms with Crippen LogP contribution < -0.4 is 15.4 Å². The van der Waals surface area contributed by atoms with Crippen LogP contribution in [0.2, 0.25) is 0 Å². The van der Waals surface area contributed by atoms with Gasteiger partial charge in [0.15, 0.2) is 0 Å². The van der Waals surface area contributed by atoms with Gasteiger partial charge < -0.3 is 20.3 Å². The first-order valence-corrected chi connectivity index (χ1v) is 8.03. The minimum Gasteiger partial charge on any atom is -0.494 e. The van der Waals surface area contributed by atoms with E-state index < -0.39 is 0 Å². The third-order valence-corrected chi connectivity index (χ3v) is 3.79. The average Bonchev–Trinajstić information content (AvgIpc) is 3.04. The number of nitrogens with one attached hydrogen (secondary N) is 2. The lowest BCUT2D eigenvalue weighted by atomic mass is 10.2. The molecule has 0 saturated carbocycles. The molecule has 2 rings (SSSR count). The zero-order valence-electron chi connectivity index (χ0n) is 13.6. The van der Waals surface area contributed by atoms with E-state index in [-0.39, 0.29) is 11.9 Å². The monoisotopic (exact) mass is 305 g/mol. The highest BCUT2D eigenvalue weighted by molar-refractivity contribution is 5.81. The van der Waals surface area contributed by atoms with Crippen molar-refractivity contribution in [1.82, 2.24) is 15.5 Å². The lowest BCUT2D eigenvalue weighted by molar-refractivity contribution is -0.122. The Balaban J connectivity index is 1.68. The number of rotatable bonds is 8. The van der Waals surface area contributed by atoms with Gasteiger partial charge >= 0.3 is 0 Å². The van der Waals surface area contributed by atoms with Gasteiger partial charge in [0, 0.05) is 13.1 Å². The average molecular weight is 305 g/mol. The zero-order valence-corrected chi connectivity index (χ0v) is 13.6. The van der Waals surface area contributed by atoms with Gasteiger partial charge in [-0.15, -0.1) is 0 Å². The van der Waals surface area contributed by atoms with E-state index in [4.69, 9.17) is 4.74 Å². The number of ether oxygens (including phenoxy) is 1. The van der Waals surface area contributed by atoms with Crippen LogP contribution >= 0.6 is 0 Å². The molecule has 122 valence electrons. The van der Waals surface area contributed by atoms with Crippen LogP contribution in [-0.2, 0) is 11.3 Å². The van der Waals surface area contributed by atoms with Gasteiger partial charge in [-0.25, -0.2) is 0 Å². The second-order valence-corrected chi connectivity index (χ2v) is 6.02. The molecule has 0 bridgehead atoms. The van der Waals surface area contributed by atoms with Crippen molar-refractivity contribution in [3.63, 3.8) is 0 Å².